The Hall–Kier alpha value is -1.20. The highest BCUT2D eigenvalue weighted by Crippen LogP contribution is 2.16. The van der Waals surface area contributed by atoms with E-state index in [9.17, 15) is 9.59 Å². The summed E-state index contributed by atoms with van der Waals surface area (Å²) in [6.45, 7) is 5.19. The fourth-order valence-corrected chi connectivity index (χ4v) is 2.20. The van der Waals surface area contributed by atoms with Gasteiger partial charge in [0.15, 0.2) is 5.78 Å². The lowest BCUT2D eigenvalue weighted by molar-refractivity contribution is -0.121. The molecule has 0 bridgehead atoms. The van der Waals surface area contributed by atoms with E-state index in [1.54, 1.807) is 18.0 Å². The minimum absolute atomic E-state index is 0.00312. The third kappa shape index (κ3) is 5.84. The number of rotatable bonds is 7. The van der Waals surface area contributed by atoms with E-state index in [0.717, 1.165) is 4.47 Å². The van der Waals surface area contributed by atoms with Crippen LogP contribution in [0.5, 0.6) is 0 Å². The van der Waals surface area contributed by atoms with E-state index in [0.29, 0.717) is 18.0 Å². The van der Waals surface area contributed by atoms with Gasteiger partial charge in [-0.3, -0.25) is 14.5 Å². The van der Waals surface area contributed by atoms with E-state index in [2.05, 4.69) is 21.2 Å². The van der Waals surface area contributed by atoms with Crippen LogP contribution in [0.4, 0.5) is 0 Å². The highest BCUT2D eigenvalue weighted by atomic mass is 79.9. The molecule has 0 aliphatic heterocycles. The molecule has 0 atom stereocenters. The number of amides is 1. The number of ketones is 1. The molecular formula is C15H21BrN2O2. The molecule has 0 unspecified atom stereocenters. The zero-order chi connectivity index (χ0) is 15.1. The van der Waals surface area contributed by atoms with E-state index < -0.39 is 0 Å². The fourth-order valence-electron chi connectivity index (χ4n) is 1.69. The van der Waals surface area contributed by atoms with Gasteiger partial charge in [-0.15, -0.1) is 0 Å². The highest BCUT2D eigenvalue weighted by molar-refractivity contribution is 9.10. The number of hydrogen-bond acceptors (Lipinski definition) is 3. The van der Waals surface area contributed by atoms with Crippen molar-refractivity contribution in [3.63, 3.8) is 0 Å². The first-order chi connectivity index (χ1) is 9.40. The summed E-state index contributed by atoms with van der Waals surface area (Å²) in [6, 6.07) is 7.30. The van der Waals surface area contributed by atoms with E-state index in [4.69, 9.17) is 0 Å². The lowest BCUT2D eigenvalue weighted by Gasteiger charge is -2.16. The van der Waals surface area contributed by atoms with Crippen LogP contribution in [0.25, 0.3) is 0 Å². The van der Waals surface area contributed by atoms with Crippen LogP contribution in [-0.4, -0.2) is 43.3 Å². The first-order valence-corrected chi connectivity index (χ1v) is 7.42. The summed E-state index contributed by atoms with van der Waals surface area (Å²) >= 11 is 3.36. The van der Waals surface area contributed by atoms with Crippen LogP contribution in [0, 0.1) is 5.92 Å². The van der Waals surface area contributed by atoms with Crippen LogP contribution in [0.1, 0.15) is 24.2 Å². The summed E-state index contributed by atoms with van der Waals surface area (Å²) in [7, 11) is 1.77. The number of carbonyl (C=O) groups excluding carboxylic acids is 2. The third-order valence-corrected chi connectivity index (χ3v) is 3.40. The third-order valence-electron chi connectivity index (χ3n) is 2.71. The van der Waals surface area contributed by atoms with Crippen molar-refractivity contribution in [2.45, 2.75) is 13.8 Å². The van der Waals surface area contributed by atoms with E-state index in [1.165, 1.54) is 0 Å². The molecule has 0 fully saturated rings. The number of carbonyl (C=O) groups is 2. The summed E-state index contributed by atoms with van der Waals surface area (Å²) in [4.78, 5) is 25.5. The largest absolute Gasteiger partial charge is 0.355 e. The summed E-state index contributed by atoms with van der Waals surface area (Å²) in [5, 5.41) is 2.84. The Bertz CT molecular complexity index is 475. The molecular weight excluding hydrogens is 320 g/mol. The smallest absolute Gasteiger partial charge is 0.234 e. The second-order valence-electron chi connectivity index (χ2n) is 5.27. The van der Waals surface area contributed by atoms with Gasteiger partial charge in [0.1, 0.15) is 0 Å². The van der Waals surface area contributed by atoms with Crippen LogP contribution in [0.3, 0.4) is 0 Å². The van der Waals surface area contributed by atoms with Crippen molar-refractivity contribution in [2.75, 3.05) is 26.7 Å². The molecule has 0 aromatic heterocycles. The quantitative estimate of drug-likeness (QED) is 0.775. The van der Waals surface area contributed by atoms with E-state index in [1.807, 2.05) is 32.0 Å². The molecule has 1 amide bonds. The molecule has 0 heterocycles. The van der Waals surface area contributed by atoms with Gasteiger partial charge in [-0.2, -0.15) is 0 Å². The van der Waals surface area contributed by atoms with Gasteiger partial charge >= 0.3 is 0 Å². The van der Waals surface area contributed by atoms with Crippen LogP contribution < -0.4 is 5.32 Å². The van der Waals surface area contributed by atoms with Crippen molar-refractivity contribution in [1.29, 1.82) is 0 Å². The first kappa shape index (κ1) is 16.9. The lowest BCUT2D eigenvalue weighted by atomic mass is 10.1. The van der Waals surface area contributed by atoms with Gasteiger partial charge in [0.25, 0.3) is 0 Å². The second kappa shape index (κ2) is 8.17. The van der Waals surface area contributed by atoms with E-state index >= 15 is 0 Å². The molecule has 110 valence electrons. The molecule has 0 aliphatic rings. The highest BCUT2D eigenvalue weighted by Gasteiger charge is 2.14. The number of nitrogens with one attached hydrogen (secondary N) is 1. The topological polar surface area (TPSA) is 49.4 Å². The lowest BCUT2D eigenvalue weighted by Crippen LogP contribution is -2.38. The number of nitrogens with zero attached hydrogens (tertiary/aromatic N) is 1. The molecule has 1 N–H and O–H groups in total. The maximum Gasteiger partial charge on any atom is 0.234 e. The summed E-state index contributed by atoms with van der Waals surface area (Å²) < 4.78 is 0.780. The molecule has 0 aliphatic carbocycles. The average molecular weight is 341 g/mol. The minimum Gasteiger partial charge on any atom is -0.355 e. The Balaban J connectivity index is 2.46. The first-order valence-electron chi connectivity index (χ1n) is 6.63. The predicted octanol–water partition coefficient (Wildman–Crippen LogP) is 2.34. The average Bonchev–Trinajstić information content (AvgIpc) is 2.36. The van der Waals surface area contributed by atoms with Gasteiger partial charge in [0.05, 0.1) is 13.1 Å². The van der Waals surface area contributed by atoms with Crippen LogP contribution in [0.15, 0.2) is 28.7 Å². The molecule has 20 heavy (non-hydrogen) atoms. The maximum absolute atomic E-state index is 12.1. The number of halogens is 1. The molecule has 5 heteroatoms. The van der Waals surface area contributed by atoms with Gasteiger partial charge in [-0.05, 0) is 19.0 Å². The SMILES string of the molecule is CC(C)CNC(=O)CN(C)CC(=O)c1ccccc1Br. The molecule has 0 saturated heterocycles. The predicted molar refractivity (Wildman–Crippen MR) is 83.8 cm³/mol. The van der Waals surface area contributed by atoms with Gasteiger partial charge < -0.3 is 5.32 Å². The maximum atomic E-state index is 12.1. The molecule has 1 aromatic rings. The van der Waals surface area contributed by atoms with Crippen molar-refractivity contribution in [3.8, 4) is 0 Å². The van der Waals surface area contributed by atoms with Crippen molar-refractivity contribution in [3.05, 3.63) is 34.3 Å². The molecule has 4 nitrogen and oxygen atoms in total. The van der Waals surface area contributed by atoms with Crippen LogP contribution >= 0.6 is 15.9 Å². The van der Waals surface area contributed by atoms with Gasteiger partial charge in [0, 0.05) is 16.6 Å². The number of Topliss-reactive ketones (excluding diaryl/α,β-unsaturated/α-hetero) is 1. The van der Waals surface area contributed by atoms with Crippen molar-refractivity contribution >= 4 is 27.6 Å². The minimum atomic E-state index is -0.0545. The van der Waals surface area contributed by atoms with Gasteiger partial charge in [0.2, 0.25) is 5.91 Å². The summed E-state index contributed by atoms with van der Waals surface area (Å²) in [5.41, 5.74) is 0.641. The molecule has 1 aromatic carbocycles. The zero-order valence-corrected chi connectivity index (χ0v) is 13.7. The van der Waals surface area contributed by atoms with E-state index in [-0.39, 0.29) is 24.8 Å². The Kier molecular flexibility index (Phi) is 6.88. The summed E-state index contributed by atoms with van der Waals surface area (Å²) in [5.74, 6) is 0.365. The molecule has 0 spiro atoms. The zero-order valence-electron chi connectivity index (χ0n) is 12.1. The van der Waals surface area contributed by atoms with Crippen LogP contribution in [-0.2, 0) is 4.79 Å². The monoisotopic (exact) mass is 340 g/mol. The summed E-state index contributed by atoms with van der Waals surface area (Å²) in [6.07, 6.45) is 0. The Labute approximate surface area is 128 Å². The Morgan fingerprint density at radius 3 is 2.50 bits per heavy atom. The van der Waals surface area contributed by atoms with Gasteiger partial charge in [-0.25, -0.2) is 0 Å². The van der Waals surface area contributed by atoms with Crippen molar-refractivity contribution in [1.82, 2.24) is 10.2 Å². The molecule has 0 radical (unpaired) electrons. The Morgan fingerprint density at radius 2 is 1.90 bits per heavy atom. The Morgan fingerprint density at radius 1 is 1.25 bits per heavy atom. The fraction of sp³-hybridized carbons (Fsp3) is 0.467. The van der Waals surface area contributed by atoms with Gasteiger partial charge in [-0.1, -0.05) is 48.0 Å². The van der Waals surface area contributed by atoms with Crippen molar-refractivity contribution < 1.29 is 9.59 Å². The molecule has 0 saturated carbocycles. The van der Waals surface area contributed by atoms with Crippen molar-refractivity contribution in [2.24, 2.45) is 5.92 Å². The second-order valence-corrected chi connectivity index (χ2v) is 6.13. The molecule has 1 rings (SSSR count). The van der Waals surface area contributed by atoms with Crippen LogP contribution in [0.2, 0.25) is 0 Å². The number of hydrogen-bond donors (Lipinski definition) is 1. The number of benzene rings is 1. The number of likely N-dealkylation sites (N-methyl/N-ethyl adjacent to an activating group) is 1. The normalized spacial score (nSPS) is 10.9. The standard InChI is InChI=1S/C15H21BrN2O2/c1-11(2)8-17-15(20)10-18(3)9-14(19)12-6-4-5-7-13(12)16/h4-7,11H,8-10H2,1-3H3,(H,17,20).